The Kier molecular flexibility index (Phi) is 11.6. The molecular formula is C32H30Cl2N8O4. The van der Waals surface area contributed by atoms with Gasteiger partial charge in [-0.3, -0.25) is 20.4 Å². The highest BCUT2D eigenvalue weighted by Gasteiger charge is 2.26. The quantitative estimate of drug-likeness (QED) is 0.108. The predicted octanol–water partition coefficient (Wildman–Crippen LogP) is 7.60. The summed E-state index contributed by atoms with van der Waals surface area (Å²) in [6.45, 7) is 11.6. The second-order valence-corrected chi connectivity index (χ2v) is 12.6. The lowest BCUT2D eigenvalue weighted by atomic mass is 9.93. The number of hydrogen-bond donors (Lipinski definition) is 2. The Morgan fingerprint density at radius 3 is 1.35 bits per heavy atom. The van der Waals surface area contributed by atoms with E-state index in [9.17, 15) is 9.59 Å². The van der Waals surface area contributed by atoms with Gasteiger partial charge in [-0.15, -0.1) is 0 Å². The second-order valence-electron chi connectivity index (χ2n) is 11.7. The normalized spacial score (nSPS) is 11.9. The van der Waals surface area contributed by atoms with Gasteiger partial charge in [0.1, 0.15) is 23.7 Å². The van der Waals surface area contributed by atoms with Crippen LogP contribution < -0.4 is 10.9 Å². The fourth-order valence-corrected chi connectivity index (χ4v) is 3.70. The molecule has 2 heterocycles. The molecule has 12 nitrogen and oxygen atoms in total. The number of rotatable bonds is 8. The molecule has 0 atom stereocenters. The summed E-state index contributed by atoms with van der Waals surface area (Å²) in [6.07, 6.45) is 0. The third-order valence-corrected chi connectivity index (χ3v) is 6.32. The Balaban J connectivity index is 0.000000250. The maximum absolute atomic E-state index is 12.3. The largest absolute Gasteiger partial charge is 0.360 e. The van der Waals surface area contributed by atoms with Crippen molar-refractivity contribution in [1.29, 1.82) is 10.5 Å². The fourth-order valence-electron chi connectivity index (χ4n) is 3.32. The van der Waals surface area contributed by atoms with Crippen LogP contribution in [0.2, 0.25) is 10.0 Å². The lowest BCUT2D eigenvalue weighted by Gasteiger charge is -2.12. The number of carbonyl (C=O) groups is 2. The zero-order valence-corrected chi connectivity index (χ0v) is 27.4. The summed E-state index contributed by atoms with van der Waals surface area (Å²) in [5.74, 6) is -0.107. The summed E-state index contributed by atoms with van der Waals surface area (Å²) in [6, 6.07) is 20.1. The molecule has 0 amide bonds. The molecule has 0 saturated heterocycles. The molecule has 0 saturated carbocycles. The number of nitriles is 2. The van der Waals surface area contributed by atoms with E-state index >= 15 is 0 Å². The molecule has 236 valence electrons. The van der Waals surface area contributed by atoms with Gasteiger partial charge in [-0.05, 0) is 36.4 Å². The first-order valence-electron chi connectivity index (χ1n) is 13.6. The van der Waals surface area contributed by atoms with Crippen LogP contribution >= 0.6 is 23.2 Å². The summed E-state index contributed by atoms with van der Waals surface area (Å²) in [7, 11) is 0. The molecule has 0 aliphatic carbocycles. The number of ketones is 2. The zero-order chi connectivity index (χ0) is 34.1. The Morgan fingerprint density at radius 2 is 1.07 bits per heavy atom. The summed E-state index contributed by atoms with van der Waals surface area (Å²) in [5.41, 5.74) is 5.26. The number of aromatic nitrogens is 2. The molecule has 2 aromatic carbocycles. The van der Waals surface area contributed by atoms with Crippen molar-refractivity contribution in [3.05, 3.63) is 93.6 Å². The molecule has 0 aliphatic rings. The van der Waals surface area contributed by atoms with E-state index in [1.54, 1.807) is 60.7 Å². The molecule has 0 spiro atoms. The van der Waals surface area contributed by atoms with Gasteiger partial charge in [-0.25, -0.2) is 0 Å². The van der Waals surface area contributed by atoms with Crippen LogP contribution in [0.15, 0.2) is 79.9 Å². The van der Waals surface area contributed by atoms with Crippen LogP contribution in [-0.2, 0) is 10.8 Å². The van der Waals surface area contributed by atoms with E-state index in [4.69, 9.17) is 42.8 Å². The maximum Gasteiger partial charge on any atom is 0.245 e. The van der Waals surface area contributed by atoms with Crippen molar-refractivity contribution >= 4 is 57.6 Å². The van der Waals surface area contributed by atoms with E-state index in [2.05, 4.69) is 31.4 Å². The molecule has 0 radical (unpaired) electrons. The second kappa shape index (κ2) is 15.1. The average molecular weight is 662 g/mol. The van der Waals surface area contributed by atoms with Gasteiger partial charge < -0.3 is 9.05 Å². The van der Waals surface area contributed by atoms with Crippen molar-refractivity contribution in [2.45, 2.75) is 52.4 Å². The van der Waals surface area contributed by atoms with E-state index in [1.165, 1.54) is 12.1 Å². The number of nitrogens with zero attached hydrogens (tertiary/aromatic N) is 6. The Bertz CT molecular complexity index is 1730. The molecule has 0 bridgehead atoms. The van der Waals surface area contributed by atoms with Crippen LogP contribution in [0.5, 0.6) is 0 Å². The Labute approximate surface area is 275 Å². The van der Waals surface area contributed by atoms with Crippen molar-refractivity contribution in [3.63, 3.8) is 0 Å². The van der Waals surface area contributed by atoms with Crippen molar-refractivity contribution in [3.8, 4) is 12.1 Å². The number of Topliss-reactive ketones (excluding diaryl/α,β-unsaturated/α-hetero) is 2. The summed E-state index contributed by atoms with van der Waals surface area (Å²) in [5, 5.41) is 34.4. The first kappa shape index (κ1) is 35.2. The highest BCUT2D eigenvalue weighted by Crippen LogP contribution is 2.24. The van der Waals surface area contributed by atoms with Gasteiger partial charge in [0.15, 0.2) is 11.4 Å². The van der Waals surface area contributed by atoms with Gasteiger partial charge in [0.25, 0.3) is 0 Å². The summed E-state index contributed by atoms with van der Waals surface area (Å²) in [4.78, 5) is 24.5. The van der Waals surface area contributed by atoms with Crippen LogP contribution in [0.25, 0.3) is 0 Å². The van der Waals surface area contributed by atoms with Gasteiger partial charge in [0.05, 0.1) is 11.4 Å². The number of hydrogen-bond acceptors (Lipinski definition) is 12. The van der Waals surface area contributed by atoms with Crippen molar-refractivity contribution in [2.24, 2.45) is 10.2 Å². The minimum atomic E-state index is -0.610. The molecule has 0 unspecified atom stereocenters. The van der Waals surface area contributed by atoms with Gasteiger partial charge in [0.2, 0.25) is 23.0 Å². The molecule has 2 aromatic heterocycles. The van der Waals surface area contributed by atoms with E-state index in [1.807, 2.05) is 41.5 Å². The molecule has 0 aliphatic heterocycles. The van der Waals surface area contributed by atoms with Crippen LogP contribution in [0.3, 0.4) is 0 Å². The third-order valence-electron chi connectivity index (χ3n) is 5.85. The molecule has 0 fully saturated rings. The Hall–Kier alpha value is -5.30. The van der Waals surface area contributed by atoms with E-state index in [0.717, 1.165) is 0 Å². The predicted molar refractivity (Wildman–Crippen MR) is 175 cm³/mol. The Morgan fingerprint density at radius 1 is 0.696 bits per heavy atom. The number of benzene rings is 2. The van der Waals surface area contributed by atoms with Crippen molar-refractivity contribution in [2.75, 3.05) is 10.9 Å². The molecule has 14 heteroatoms. The van der Waals surface area contributed by atoms with E-state index < -0.39 is 11.6 Å². The minimum absolute atomic E-state index is 0.0446. The van der Waals surface area contributed by atoms with Crippen LogP contribution in [0.4, 0.5) is 11.4 Å². The van der Waals surface area contributed by atoms with Crippen molar-refractivity contribution < 1.29 is 18.6 Å². The molecule has 2 N–H and O–H groups in total. The van der Waals surface area contributed by atoms with E-state index in [0.29, 0.717) is 32.9 Å². The standard InChI is InChI=1S/2C16H15ClN4O2/c2*1-16(2,3)14-8-12(21-23-14)15(22)13(9-18)20-19-11-6-4-5-10(17)7-11/h2*4-8,19H,1-3H3/b2*20-13+. The van der Waals surface area contributed by atoms with Crippen LogP contribution in [0, 0.1) is 22.7 Å². The topological polar surface area (TPSA) is 183 Å². The number of carbonyl (C=O) groups excluding carboxylic acids is 2. The molecule has 46 heavy (non-hydrogen) atoms. The first-order chi connectivity index (χ1) is 21.6. The zero-order valence-electron chi connectivity index (χ0n) is 25.8. The van der Waals surface area contributed by atoms with Gasteiger partial charge in [0, 0.05) is 33.0 Å². The average Bonchev–Trinajstić information content (AvgIpc) is 3.69. The lowest BCUT2D eigenvalue weighted by molar-refractivity contribution is 0.105. The number of anilines is 2. The monoisotopic (exact) mass is 660 g/mol. The molecule has 4 aromatic rings. The third kappa shape index (κ3) is 9.86. The first-order valence-corrected chi connectivity index (χ1v) is 14.4. The number of nitrogens with one attached hydrogen (secondary N) is 2. The number of halogens is 2. The highest BCUT2D eigenvalue weighted by atomic mass is 35.5. The summed E-state index contributed by atoms with van der Waals surface area (Å²) >= 11 is 11.7. The SMILES string of the molecule is CC(C)(C)c1cc(C(=O)/C(C#N)=N/Nc2cccc(Cl)c2)no1.CC(C)(C)c1cc(C(=O)/C(C#N)=N/Nc2cccc(Cl)c2)no1. The molecule has 4 rings (SSSR count). The minimum Gasteiger partial charge on any atom is -0.360 e. The fraction of sp³-hybridized carbons (Fsp3) is 0.250. The van der Waals surface area contributed by atoms with Crippen LogP contribution in [0.1, 0.15) is 74.0 Å². The lowest BCUT2D eigenvalue weighted by Crippen LogP contribution is -2.15. The highest BCUT2D eigenvalue weighted by molar-refractivity contribution is 6.51. The maximum atomic E-state index is 12.3. The number of hydrazone groups is 2. The molecular weight excluding hydrogens is 631 g/mol. The smallest absolute Gasteiger partial charge is 0.245 e. The van der Waals surface area contributed by atoms with Gasteiger partial charge >= 0.3 is 0 Å². The van der Waals surface area contributed by atoms with Gasteiger partial charge in [-0.1, -0.05) is 87.2 Å². The summed E-state index contributed by atoms with van der Waals surface area (Å²) < 4.78 is 10.3. The van der Waals surface area contributed by atoms with E-state index in [-0.39, 0.29) is 33.6 Å². The van der Waals surface area contributed by atoms with Crippen LogP contribution in [-0.4, -0.2) is 33.3 Å². The van der Waals surface area contributed by atoms with Gasteiger partial charge in [-0.2, -0.15) is 20.7 Å². The van der Waals surface area contributed by atoms with Crippen molar-refractivity contribution in [1.82, 2.24) is 10.3 Å².